The van der Waals surface area contributed by atoms with Crippen molar-refractivity contribution in [3.63, 3.8) is 0 Å². The van der Waals surface area contributed by atoms with E-state index in [1.165, 1.54) is 7.11 Å². The Balaban J connectivity index is 1.58. The highest BCUT2D eigenvalue weighted by molar-refractivity contribution is 6.04. The van der Waals surface area contributed by atoms with Crippen molar-refractivity contribution < 1.29 is 19.0 Å². The smallest absolute Gasteiger partial charge is 0.256 e. The molecule has 2 heterocycles. The summed E-state index contributed by atoms with van der Waals surface area (Å²) < 4.78 is 16.0. The lowest BCUT2D eigenvalue weighted by atomic mass is 10.2. The van der Waals surface area contributed by atoms with Crippen LogP contribution in [0.5, 0.6) is 11.5 Å². The van der Waals surface area contributed by atoms with Crippen molar-refractivity contribution in [2.45, 2.75) is 18.9 Å². The molecule has 0 aliphatic carbocycles. The summed E-state index contributed by atoms with van der Waals surface area (Å²) in [6.45, 7) is 1.60. The van der Waals surface area contributed by atoms with Gasteiger partial charge in [0.2, 0.25) is 0 Å². The summed E-state index contributed by atoms with van der Waals surface area (Å²) in [4.78, 5) is 16.7. The number of aromatic nitrogens is 1. The highest BCUT2D eigenvalue weighted by atomic mass is 16.5. The molecule has 7 nitrogen and oxygen atoms in total. The third-order valence-corrected chi connectivity index (χ3v) is 4.21. The third-order valence-electron chi connectivity index (χ3n) is 4.21. The van der Waals surface area contributed by atoms with Crippen LogP contribution in [0.25, 0.3) is 0 Å². The van der Waals surface area contributed by atoms with Gasteiger partial charge in [-0.3, -0.25) is 4.79 Å². The second-order valence-corrected chi connectivity index (χ2v) is 5.97. The minimum Gasteiger partial charge on any atom is -0.493 e. The van der Waals surface area contributed by atoms with Crippen molar-refractivity contribution in [3.8, 4) is 11.5 Å². The molecule has 2 N–H and O–H groups in total. The van der Waals surface area contributed by atoms with E-state index in [2.05, 4.69) is 15.6 Å². The molecule has 3 rings (SSSR count). The van der Waals surface area contributed by atoms with Crippen molar-refractivity contribution in [1.82, 2.24) is 4.98 Å². The average Bonchev–Trinajstić information content (AvgIpc) is 3.20. The lowest BCUT2D eigenvalue weighted by molar-refractivity contribution is 0.102. The Hall–Kier alpha value is -2.80. The average molecular weight is 357 g/mol. The van der Waals surface area contributed by atoms with Crippen LogP contribution in [-0.2, 0) is 4.74 Å². The molecule has 0 spiro atoms. The SMILES string of the molecule is COc1ccc(C(=O)Nc2ccc(NCC3CCCO3)cn2)cc1OC. The molecule has 1 unspecified atom stereocenters. The summed E-state index contributed by atoms with van der Waals surface area (Å²) in [5.74, 6) is 1.29. The van der Waals surface area contributed by atoms with Crippen LogP contribution in [0.3, 0.4) is 0 Å². The Morgan fingerprint density at radius 2 is 2.08 bits per heavy atom. The van der Waals surface area contributed by atoms with Gasteiger partial charge in [0.1, 0.15) is 5.82 Å². The van der Waals surface area contributed by atoms with E-state index in [9.17, 15) is 4.79 Å². The van der Waals surface area contributed by atoms with E-state index in [0.29, 0.717) is 22.9 Å². The number of rotatable bonds is 7. The Morgan fingerprint density at radius 1 is 1.23 bits per heavy atom. The van der Waals surface area contributed by atoms with Crippen LogP contribution >= 0.6 is 0 Å². The minimum atomic E-state index is -0.265. The van der Waals surface area contributed by atoms with Gasteiger partial charge in [-0.15, -0.1) is 0 Å². The first-order chi connectivity index (χ1) is 12.7. The van der Waals surface area contributed by atoms with Crippen LogP contribution in [-0.4, -0.2) is 44.4 Å². The van der Waals surface area contributed by atoms with E-state index in [4.69, 9.17) is 14.2 Å². The van der Waals surface area contributed by atoms with Gasteiger partial charge in [0, 0.05) is 18.7 Å². The number of nitrogens with one attached hydrogen (secondary N) is 2. The molecule has 0 bridgehead atoms. The number of nitrogens with zero attached hydrogens (tertiary/aromatic N) is 1. The highest BCUT2D eigenvalue weighted by Crippen LogP contribution is 2.27. The first-order valence-corrected chi connectivity index (χ1v) is 8.54. The normalized spacial score (nSPS) is 16.2. The maximum Gasteiger partial charge on any atom is 0.256 e. The fourth-order valence-corrected chi connectivity index (χ4v) is 2.78. The van der Waals surface area contributed by atoms with Crippen LogP contribution < -0.4 is 20.1 Å². The van der Waals surface area contributed by atoms with E-state index in [1.54, 1.807) is 37.6 Å². The van der Waals surface area contributed by atoms with Crippen molar-refractivity contribution in [2.24, 2.45) is 0 Å². The topological polar surface area (TPSA) is 81.7 Å². The number of methoxy groups -OCH3 is 2. The van der Waals surface area contributed by atoms with Gasteiger partial charge in [0.25, 0.3) is 5.91 Å². The molecule has 138 valence electrons. The maximum absolute atomic E-state index is 12.4. The summed E-state index contributed by atoms with van der Waals surface area (Å²) in [5.41, 5.74) is 1.36. The molecule has 1 aromatic heterocycles. The van der Waals surface area contributed by atoms with Gasteiger partial charge in [-0.2, -0.15) is 0 Å². The first kappa shape index (κ1) is 18.0. The fraction of sp³-hybridized carbons (Fsp3) is 0.368. The van der Waals surface area contributed by atoms with Gasteiger partial charge < -0.3 is 24.8 Å². The maximum atomic E-state index is 12.4. The quantitative estimate of drug-likeness (QED) is 0.793. The molecule has 7 heteroatoms. The van der Waals surface area contributed by atoms with Gasteiger partial charge in [-0.1, -0.05) is 0 Å². The molecule has 1 fully saturated rings. The number of hydrogen-bond donors (Lipinski definition) is 2. The Bertz CT molecular complexity index is 743. The molecule has 1 amide bonds. The van der Waals surface area contributed by atoms with Crippen molar-refractivity contribution in [2.75, 3.05) is 38.0 Å². The predicted octanol–water partition coefficient (Wildman–Crippen LogP) is 2.94. The zero-order valence-electron chi connectivity index (χ0n) is 15.0. The van der Waals surface area contributed by atoms with E-state index in [-0.39, 0.29) is 12.0 Å². The van der Waals surface area contributed by atoms with E-state index < -0.39 is 0 Å². The van der Waals surface area contributed by atoms with Crippen LogP contribution in [0.15, 0.2) is 36.5 Å². The summed E-state index contributed by atoms with van der Waals surface area (Å²) >= 11 is 0. The molecule has 1 aliphatic heterocycles. The number of pyridine rings is 1. The lowest BCUT2D eigenvalue weighted by Gasteiger charge is -2.12. The monoisotopic (exact) mass is 357 g/mol. The summed E-state index contributed by atoms with van der Waals surface area (Å²) in [5, 5.41) is 6.07. The second-order valence-electron chi connectivity index (χ2n) is 5.97. The summed E-state index contributed by atoms with van der Waals surface area (Å²) in [7, 11) is 3.08. The first-order valence-electron chi connectivity index (χ1n) is 8.54. The molecule has 2 aromatic rings. The summed E-state index contributed by atoms with van der Waals surface area (Å²) in [6.07, 6.45) is 4.16. The van der Waals surface area contributed by atoms with E-state index in [0.717, 1.165) is 31.7 Å². The molecular weight excluding hydrogens is 334 g/mol. The van der Waals surface area contributed by atoms with Crippen LogP contribution in [0.1, 0.15) is 23.2 Å². The molecule has 0 saturated carbocycles. The molecule has 1 aromatic carbocycles. The number of anilines is 2. The Morgan fingerprint density at radius 3 is 2.73 bits per heavy atom. The van der Waals surface area contributed by atoms with Gasteiger partial charge in [0.15, 0.2) is 11.5 Å². The molecular formula is C19H23N3O4. The van der Waals surface area contributed by atoms with Crippen molar-refractivity contribution in [3.05, 3.63) is 42.1 Å². The Labute approximate surface area is 152 Å². The van der Waals surface area contributed by atoms with E-state index >= 15 is 0 Å². The largest absolute Gasteiger partial charge is 0.493 e. The lowest BCUT2D eigenvalue weighted by Crippen LogP contribution is -2.18. The number of ether oxygens (including phenoxy) is 3. The van der Waals surface area contributed by atoms with E-state index in [1.807, 2.05) is 6.07 Å². The number of carbonyl (C=O) groups excluding carboxylic acids is 1. The molecule has 0 radical (unpaired) electrons. The molecule has 26 heavy (non-hydrogen) atoms. The fourth-order valence-electron chi connectivity index (χ4n) is 2.78. The molecule has 1 atom stereocenters. The molecule has 1 saturated heterocycles. The molecule has 1 aliphatic rings. The number of benzene rings is 1. The summed E-state index contributed by atoms with van der Waals surface area (Å²) in [6, 6.07) is 8.64. The van der Waals surface area contributed by atoms with Gasteiger partial charge in [-0.25, -0.2) is 4.98 Å². The van der Waals surface area contributed by atoms with Crippen LogP contribution in [0.2, 0.25) is 0 Å². The van der Waals surface area contributed by atoms with Gasteiger partial charge in [0.05, 0.1) is 32.2 Å². The second kappa shape index (κ2) is 8.53. The van der Waals surface area contributed by atoms with Gasteiger partial charge in [-0.05, 0) is 43.2 Å². The highest BCUT2D eigenvalue weighted by Gasteiger charge is 2.15. The van der Waals surface area contributed by atoms with Crippen molar-refractivity contribution >= 4 is 17.4 Å². The Kier molecular flexibility index (Phi) is 5.91. The standard InChI is InChI=1S/C19H23N3O4/c1-24-16-7-5-13(10-17(16)25-2)19(23)22-18-8-6-14(11-21-18)20-12-15-4-3-9-26-15/h5-8,10-11,15,20H,3-4,9,12H2,1-2H3,(H,21,22,23). The third kappa shape index (κ3) is 4.43. The zero-order chi connectivity index (χ0) is 18.4. The van der Waals surface area contributed by atoms with Crippen LogP contribution in [0, 0.1) is 0 Å². The van der Waals surface area contributed by atoms with Crippen molar-refractivity contribution in [1.29, 1.82) is 0 Å². The number of amides is 1. The van der Waals surface area contributed by atoms with Crippen LogP contribution in [0.4, 0.5) is 11.5 Å². The number of hydrogen-bond acceptors (Lipinski definition) is 6. The number of carbonyl (C=O) groups is 1. The zero-order valence-corrected chi connectivity index (χ0v) is 15.0. The minimum absolute atomic E-state index is 0.263. The van der Waals surface area contributed by atoms with Gasteiger partial charge >= 0.3 is 0 Å². The predicted molar refractivity (Wildman–Crippen MR) is 99.2 cm³/mol.